The third kappa shape index (κ3) is 6.99. The van der Waals surface area contributed by atoms with Gasteiger partial charge in [-0.1, -0.05) is 12.8 Å². The van der Waals surface area contributed by atoms with Gasteiger partial charge in [-0.25, -0.2) is 8.42 Å². The first-order chi connectivity index (χ1) is 13.6. The number of nitrogens with one attached hydrogen (secondary N) is 2. The quantitative estimate of drug-likeness (QED) is 0.445. The molecular weight excluding hydrogens is 407 g/mol. The van der Waals surface area contributed by atoms with Crippen LogP contribution in [0.1, 0.15) is 45.4 Å². The van der Waals surface area contributed by atoms with Crippen LogP contribution < -0.4 is 10.6 Å². The van der Waals surface area contributed by atoms with Crippen molar-refractivity contribution >= 4 is 16.0 Å². The molecule has 1 aliphatic carbocycles. The van der Waals surface area contributed by atoms with Crippen LogP contribution in [0.5, 0.6) is 0 Å². The minimum Gasteiger partial charge on any atom is -0.357 e. The van der Waals surface area contributed by atoms with Crippen LogP contribution in [0.2, 0.25) is 0 Å². The maximum atomic E-state index is 12.7. The van der Waals surface area contributed by atoms with E-state index in [0.717, 1.165) is 13.1 Å². The molecule has 0 amide bonds. The van der Waals surface area contributed by atoms with Gasteiger partial charge < -0.3 is 15.5 Å². The Morgan fingerprint density at radius 2 is 1.76 bits per heavy atom. The van der Waals surface area contributed by atoms with Crippen LogP contribution in [-0.2, 0) is 10.0 Å². The van der Waals surface area contributed by atoms with E-state index in [0.29, 0.717) is 42.2 Å². The lowest BCUT2D eigenvalue weighted by Gasteiger charge is -2.31. The van der Waals surface area contributed by atoms with Crippen molar-refractivity contribution in [1.82, 2.24) is 19.8 Å². The second-order valence-corrected chi connectivity index (χ2v) is 9.79. The Kier molecular flexibility index (Phi) is 9.02. The fourth-order valence-corrected chi connectivity index (χ4v) is 4.90. The number of nitrogens with zero attached hydrogens (tertiary/aromatic N) is 3. The van der Waals surface area contributed by atoms with E-state index in [1.54, 1.807) is 0 Å². The van der Waals surface area contributed by atoms with Crippen LogP contribution in [0, 0.1) is 5.92 Å². The predicted octanol–water partition coefficient (Wildman–Crippen LogP) is 1.98. The Morgan fingerprint density at radius 3 is 2.31 bits per heavy atom. The van der Waals surface area contributed by atoms with Crippen molar-refractivity contribution in [2.24, 2.45) is 10.9 Å². The zero-order valence-corrected chi connectivity index (χ0v) is 18.2. The molecule has 170 valence electrons. The van der Waals surface area contributed by atoms with Gasteiger partial charge >= 0.3 is 15.5 Å². The normalized spacial score (nSPS) is 21.1. The van der Waals surface area contributed by atoms with Crippen molar-refractivity contribution in [2.45, 2.75) is 57.0 Å². The van der Waals surface area contributed by atoms with E-state index in [1.807, 2.05) is 6.92 Å². The molecule has 0 radical (unpaired) electrons. The molecule has 0 aromatic carbocycles. The predicted molar refractivity (Wildman–Crippen MR) is 108 cm³/mol. The van der Waals surface area contributed by atoms with Gasteiger partial charge in [0, 0.05) is 45.3 Å². The van der Waals surface area contributed by atoms with Gasteiger partial charge in [0.15, 0.2) is 5.96 Å². The lowest BCUT2D eigenvalue weighted by atomic mass is 9.98. The number of hydrogen-bond donors (Lipinski definition) is 2. The highest BCUT2D eigenvalue weighted by Gasteiger charge is 2.50. The van der Waals surface area contributed by atoms with E-state index in [1.165, 1.54) is 25.7 Å². The van der Waals surface area contributed by atoms with Gasteiger partial charge in [0.2, 0.25) is 0 Å². The molecule has 1 saturated carbocycles. The van der Waals surface area contributed by atoms with Crippen molar-refractivity contribution in [3.8, 4) is 0 Å². The Morgan fingerprint density at radius 1 is 1.14 bits per heavy atom. The van der Waals surface area contributed by atoms with E-state index < -0.39 is 15.5 Å². The summed E-state index contributed by atoms with van der Waals surface area (Å²) in [7, 11) is -3.08. The van der Waals surface area contributed by atoms with Gasteiger partial charge in [0.25, 0.3) is 0 Å². The maximum Gasteiger partial charge on any atom is 0.511 e. The molecule has 29 heavy (non-hydrogen) atoms. The minimum atomic E-state index is -5.23. The number of guanidine groups is 1. The number of sulfonamides is 1. The summed E-state index contributed by atoms with van der Waals surface area (Å²) in [5.41, 5.74) is -5.23. The third-order valence-corrected chi connectivity index (χ3v) is 7.39. The third-order valence-electron chi connectivity index (χ3n) is 5.76. The molecule has 2 N–H and O–H groups in total. The SMILES string of the molecule is CCNC(=NCC1CCN(S(=O)(=O)C(F)(F)F)CC1)NCCN(C)C1CCCC1. The summed E-state index contributed by atoms with van der Waals surface area (Å²) in [5, 5.41) is 6.49. The van der Waals surface area contributed by atoms with Gasteiger partial charge in [-0.2, -0.15) is 17.5 Å². The molecule has 1 aliphatic heterocycles. The second kappa shape index (κ2) is 10.8. The highest BCUT2D eigenvalue weighted by atomic mass is 32.2. The van der Waals surface area contributed by atoms with Gasteiger partial charge in [0.05, 0.1) is 0 Å². The molecular formula is C18H34F3N5O2S. The lowest BCUT2D eigenvalue weighted by molar-refractivity contribution is -0.0496. The first-order valence-electron chi connectivity index (χ1n) is 10.4. The van der Waals surface area contributed by atoms with E-state index in [-0.39, 0.29) is 19.0 Å². The van der Waals surface area contributed by atoms with Crippen LogP contribution in [0.3, 0.4) is 0 Å². The van der Waals surface area contributed by atoms with Crippen molar-refractivity contribution in [2.75, 3.05) is 46.3 Å². The van der Waals surface area contributed by atoms with Crippen LogP contribution in [0.15, 0.2) is 4.99 Å². The van der Waals surface area contributed by atoms with Crippen LogP contribution >= 0.6 is 0 Å². The van der Waals surface area contributed by atoms with Gasteiger partial charge in [-0.3, -0.25) is 4.99 Å². The highest BCUT2D eigenvalue weighted by molar-refractivity contribution is 7.90. The van der Waals surface area contributed by atoms with E-state index in [2.05, 4.69) is 27.6 Å². The summed E-state index contributed by atoms with van der Waals surface area (Å²) >= 11 is 0. The summed E-state index contributed by atoms with van der Waals surface area (Å²) in [6.45, 7) is 4.61. The fraction of sp³-hybridized carbons (Fsp3) is 0.944. The molecule has 0 unspecified atom stereocenters. The van der Waals surface area contributed by atoms with Crippen molar-refractivity contribution in [1.29, 1.82) is 0 Å². The zero-order valence-electron chi connectivity index (χ0n) is 17.3. The number of alkyl halides is 3. The Labute approximate surface area is 172 Å². The first kappa shape index (κ1) is 24.2. The van der Waals surface area contributed by atoms with E-state index >= 15 is 0 Å². The molecule has 2 aliphatic rings. The summed E-state index contributed by atoms with van der Waals surface area (Å²) in [6.07, 6.45) is 5.87. The number of hydrogen-bond acceptors (Lipinski definition) is 4. The van der Waals surface area contributed by atoms with Gasteiger partial charge in [0.1, 0.15) is 0 Å². The number of likely N-dealkylation sites (N-methyl/N-ethyl adjacent to an activating group) is 1. The molecule has 0 atom stereocenters. The number of rotatable bonds is 8. The van der Waals surface area contributed by atoms with E-state index in [9.17, 15) is 21.6 Å². The highest BCUT2D eigenvalue weighted by Crippen LogP contribution is 2.30. The Hall–Kier alpha value is -1.07. The number of piperidine rings is 1. The van der Waals surface area contributed by atoms with Crippen molar-refractivity contribution in [3.63, 3.8) is 0 Å². The molecule has 0 aromatic rings. The first-order valence-corrected chi connectivity index (χ1v) is 11.9. The summed E-state index contributed by atoms with van der Waals surface area (Å²) in [6, 6.07) is 0.662. The minimum absolute atomic E-state index is 0.0753. The fourth-order valence-electron chi connectivity index (χ4n) is 3.92. The topological polar surface area (TPSA) is 77.0 Å². The Bertz CT molecular complexity index is 628. The van der Waals surface area contributed by atoms with Crippen molar-refractivity contribution < 1.29 is 21.6 Å². The molecule has 0 spiro atoms. The standard InChI is InChI=1S/C18H34F3N5O2S/c1-3-22-17(23-10-13-25(2)16-6-4-5-7-16)24-14-15-8-11-26(12-9-15)29(27,28)18(19,20)21/h15-16H,3-14H2,1-2H3,(H2,22,23,24). The Balaban J connectivity index is 1.77. The van der Waals surface area contributed by atoms with Crippen LogP contribution in [-0.4, -0.2) is 81.4 Å². The molecule has 0 aromatic heterocycles. The van der Waals surface area contributed by atoms with Gasteiger partial charge in [-0.15, -0.1) is 0 Å². The summed E-state index contributed by atoms with van der Waals surface area (Å²) in [5.74, 6) is 0.768. The summed E-state index contributed by atoms with van der Waals surface area (Å²) in [4.78, 5) is 6.93. The molecule has 11 heteroatoms. The van der Waals surface area contributed by atoms with Crippen molar-refractivity contribution in [3.05, 3.63) is 0 Å². The average Bonchev–Trinajstić information content (AvgIpc) is 3.20. The number of aliphatic imine (C=N–C) groups is 1. The molecule has 1 heterocycles. The smallest absolute Gasteiger partial charge is 0.357 e. The molecule has 0 bridgehead atoms. The van der Waals surface area contributed by atoms with Crippen LogP contribution in [0.4, 0.5) is 13.2 Å². The average molecular weight is 442 g/mol. The van der Waals surface area contributed by atoms with Gasteiger partial charge in [-0.05, 0) is 45.6 Å². The lowest BCUT2D eigenvalue weighted by Crippen LogP contribution is -2.45. The molecule has 1 saturated heterocycles. The summed E-state index contributed by atoms with van der Waals surface area (Å²) < 4.78 is 61.5. The zero-order chi connectivity index (χ0) is 21.5. The largest absolute Gasteiger partial charge is 0.511 e. The van der Waals surface area contributed by atoms with Crippen LogP contribution in [0.25, 0.3) is 0 Å². The molecule has 2 rings (SSSR count). The maximum absolute atomic E-state index is 12.7. The monoisotopic (exact) mass is 441 g/mol. The molecule has 2 fully saturated rings. The van der Waals surface area contributed by atoms with E-state index in [4.69, 9.17) is 0 Å². The number of halogens is 3. The molecule has 7 nitrogen and oxygen atoms in total. The second-order valence-electron chi connectivity index (χ2n) is 7.86.